The molecular weight excluding hydrogens is 154 g/mol. The number of aliphatic hydroxyl groups is 1. The van der Waals surface area contributed by atoms with E-state index in [-0.39, 0.29) is 18.6 Å². The second-order valence-electron chi connectivity index (χ2n) is 3.08. The summed E-state index contributed by atoms with van der Waals surface area (Å²) in [4.78, 5) is 10.9. The van der Waals surface area contributed by atoms with Crippen molar-refractivity contribution in [1.29, 1.82) is 0 Å². The molecule has 0 saturated heterocycles. The molecule has 3 nitrogen and oxygen atoms in total. The lowest BCUT2D eigenvalue weighted by Gasteiger charge is -2.20. The Morgan fingerprint density at radius 3 is 2.58 bits per heavy atom. The minimum absolute atomic E-state index is 0.0421. The third-order valence-electron chi connectivity index (χ3n) is 1.76. The molecule has 1 atom stereocenters. The number of hydrogen-bond acceptors (Lipinski definition) is 2. The molecule has 0 saturated carbocycles. The molecule has 0 aliphatic heterocycles. The fourth-order valence-electron chi connectivity index (χ4n) is 0.953. The Labute approximate surface area is 73.5 Å². The highest BCUT2D eigenvalue weighted by Gasteiger charge is 2.13. The largest absolute Gasteiger partial charge is 0.396 e. The zero-order chi connectivity index (χ0) is 9.56. The highest BCUT2D eigenvalue weighted by Crippen LogP contribution is 2.04. The van der Waals surface area contributed by atoms with E-state index in [1.54, 1.807) is 0 Å². The van der Waals surface area contributed by atoms with Crippen LogP contribution in [0.25, 0.3) is 0 Å². The summed E-state index contributed by atoms with van der Waals surface area (Å²) in [5.74, 6) is 0.156. The molecule has 0 spiro atoms. The van der Waals surface area contributed by atoms with Crippen molar-refractivity contribution >= 4 is 5.91 Å². The van der Waals surface area contributed by atoms with Crippen molar-refractivity contribution in [3.05, 3.63) is 12.7 Å². The maximum absolute atomic E-state index is 10.9. The molecule has 0 aromatic heterocycles. The Balaban J connectivity index is 3.94. The van der Waals surface area contributed by atoms with Crippen LogP contribution in [0.2, 0.25) is 0 Å². The third kappa shape index (κ3) is 4.13. The zero-order valence-electron chi connectivity index (χ0n) is 7.71. The van der Waals surface area contributed by atoms with Crippen molar-refractivity contribution in [3.8, 4) is 0 Å². The van der Waals surface area contributed by atoms with E-state index in [0.717, 1.165) is 0 Å². The van der Waals surface area contributed by atoms with Crippen LogP contribution < -0.4 is 5.32 Å². The molecule has 0 heterocycles. The van der Waals surface area contributed by atoms with Gasteiger partial charge in [-0.05, 0) is 18.4 Å². The van der Waals surface area contributed by atoms with Crippen LogP contribution in [0.4, 0.5) is 0 Å². The first-order chi connectivity index (χ1) is 5.61. The Kier molecular flexibility index (Phi) is 5.37. The summed E-state index contributed by atoms with van der Waals surface area (Å²) >= 11 is 0. The van der Waals surface area contributed by atoms with Crippen molar-refractivity contribution in [2.75, 3.05) is 6.61 Å². The molecule has 12 heavy (non-hydrogen) atoms. The minimum atomic E-state index is -0.179. The number of carbonyl (C=O) groups excluding carboxylic acids is 1. The first-order valence-electron chi connectivity index (χ1n) is 4.15. The standard InChI is InChI=1S/C9H17NO2/c1-4-9(12)10-8(5-6-11)7(2)3/h4,7-8,11H,1,5-6H2,2-3H3,(H,10,12). The van der Waals surface area contributed by atoms with Crippen molar-refractivity contribution in [2.24, 2.45) is 5.92 Å². The lowest BCUT2D eigenvalue weighted by Crippen LogP contribution is -2.38. The van der Waals surface area contributed by atoms with Gasteiger partial charge in [0.15, 0.2) is 0 Å². The molecule has 0 aromatic carbocycles. The maximum Gasteiger partial charge on any atom is 0.243 e. The van der Waals surface area contributed by atoms with E-state index in [1.165, 1.54) is 6.08 Å². The highest BCUT2D eigenvalue weighted by atomic mass is 16.3. The average molecular weight is 171 g/mol. The Hall–Kier alpha value is -0.830. The van der Waals surface area contributed by atoms with Crippen LogP contribution in [0.5, 0.6) is 0 Å². The molecule has 3 heteroatoms. The van der Waals surface area contributed by atoms with Gasteiger partial charge in [0.25, 0.3) is 0 Å². The lowest BCUT2D eigenvalue weighted by molar-refractivity contribution is -0.117. The van der Waals surface area contributed by atoms with Gasteiger partial charge in [-0.3, -0.25) is 4.79 Å². The molecule has 1 amide bonds. The molecule has 0 radical (unpaired) electrons. The van der Waals surface area contributed by atoms with Crippen LogP contribution in [0.1, 0.15) is 20.3 Å². The Morgan fingerprint density at radius 1 is 1.67 bits per heavy atom. The second-order valence-corrected chi connectivity index (χ2v) is 3.08. The van der Waals surface area contributed by atoms with E-state index in [0.29, 0.717) is 12.3 Å². The lowest BCUT2D eigenvalue weighted by atomic mass is 10.0. The van der Waals surface area contributed by atoms with Crippen LogP contribution in [0.3, 0.4) is 0 Å². The van der Waals surface area contributed by atoms with Crippen LogP contribution in [0.15, 0.2) is 12.7 Å². The summed E-state index contributed by atoms with van der Waals surface area (Å²) in [6.07, 6.45) is 1.84. The molecular formula is C9H17NO2. The fourth-order valence-corrected chi connectivity index (χ4v) is 0.953. The predicted molar refractivity (Wildman–Crippen MR) is 48.7 cm³/mol. The van der Waals surface area contributed by atoms with Gasteiger partial charge >= 0.3 is 0 Å². The molecule has 0 rings (SSSR count). The van der Waals surface area contributed by atoms with Crippen molar-refractivity contribution in [2.45, 2.75) is 26.3 Å². The van der Waals surface area contributed by atoms with Gasteiger partial charge in [0.2, 0.25) is 5.91 Å². The predicted octanol–water partition coefficient (Wildman–Crippen LogP) is 0.696. The van der Waals surface area contributed by atoms with E-state index in [1.807, 2.05) is 13.8 Å². The quantitative estimate of drug-likeness (QED) is 0.598. The Morgan fingerprint density at radius 2 is 2.25 bits per heavy atom. The minimum Gasteiger partial charge on any atom is -0.396 e. The van der Waals surface area contributed by atoms with Gasteiger partial charge in [-0.2, -0.15) is 0 Å². The molecule has 0 fully saturated rings. The summed E-state index contributed by atoms with van der Waals surface area (Å²) in [5, 5.41) is 11.4. The SMILES string of the molecule is C=CC(=O)NC(CCO)C(C)C. The van der Waals surface area contributed by atoms with Crippen molar-refractivity contribution < 1.29 is 9.90 Å². The highest BCUT2D eigenvalue weighted by molar-refractivity contribution is 5.87. The van der Waals surface area contributed by atoms with Gasteiger partial charge in [0, 0.05) is 12.6 Å². The summed E-state index contributed by atoms with van der Waals surface area (Å²) < 4.78 is 0. The normalized spacial score (nSPS) is 12.7. The molecule has 70 valence electrons. The van der Waals surface area contributed by atoms with E-state index in [9.17, 15) is 4.79 Å². The van der Waals surface area contributed by atoms with Crippen LogP contribution in [-0.4, -0.2) is 23.7 Å². The first-order valence-corrected chi connectivity index (χ1v) is 4.15. The topological polar surface area (TPSA) is 49.3 Å². The van der Waals surface area contributed by atoms with Crippen molar-refractivity contribution in [1.82, 2.24) is 5.32 Å². The second kappa shape index (κ2) is 5.77. The summed E-state index contributed by atoms with van der Waals surface area (Å²) in [5.41, 5.74) is 0. The van der Waals surface area contributed by atoms with E-state index in [2.05, 4.69) is 11.9 Å². The number of aliphatic hydroxyl groups excluding tert-OH is 1. The van der Waals surface area contributed by atoms with Crippen LogP contribution >= 0.6 is 0 Å². The molecule has 0 bridgehead atoms. The molecule has 0 aliphatic carbocycles. The monoisotopic (exact) mass is 171 g/mol. The molecule has 0 aromatic rings. The number of amides is 1. The summed E-state index contributed by atoms with van der Waals surface area (Å²) in [6.45, 7) is 7.46. The number of hydrogen-bond donors (Lipinski definition) is 2. The Bertz CT molecular complexity index is 155. The third-order valence-corrected chi connectivity index (χ3v) is 1.76. The number of nitrogens with one attached hydrogen (secondary N) is 1. The molecule has 1 unspecified atom stereocenters. The van der Waals surface area contributed by atoms with Gasteiger partial charge in [-0.25, -0.2) is 0 Å². The van der Waals surface area contributed by atoms with E-state index >= 15 is 0 Å². The van der Waals surface area contributed by atoms with Crippen molar-refractivity contribution in [3.63, 3.8) is 0 Å². The van der Waals surface area contributed by atoms with E-state index < -0.39 is 0 Å². The van der Waals surface area contributed by atoms with Crippen LogP contribution in [-0.2, 0) is 4.79 Å². The smallest absolute Gasteiger partial charge is 0.243 e. The van der Waals surface area contributed by atoms with E-state index in [4.69, 9.17) is 5.11 Å². The number of carbonyl (C=O) groups is 1. The number of rotatable bonds is 5. The van der Waals surface area contributed by atoms with Gasteiger partial charge in [-0.1, -0.05) is 20.4 Å². The molecule has 0 aliphatic rings. The van der Waals surface area contributed by atoms with Crippen LogP contribution in [0, 0.1) is 5.92 Å². The van der Waals surface area contributed by atoms with Gasteiger partial charge in [-0.15, -0.1) is 0 Å². The first kappa shape index (κ1) is 11.2. The fraction of sp³-hybridized carbons (Fsp3) is 0.667. The summed E-state index contributed by atoms with van der Waals surface area (Å²) in [7, 11) is 0. The summed E-state index contributed by atoms with van der Waals surface area (Å²) in [6, 6.07) is 0.0421. The molecule has 2 N–H and O–H groups in total. The van der Waals surface area contributed by atoms with Gasteiger partial charge in [0.1, 0.15) is 0 Å². The maximum atomic E-state index is 10.9. The van der Waals surface area contributed by atoms with Gasteiger partial charge < -0.3 is 10.4 Å². The average Bonchev–Trinajstić information content (AvgIpc) is 2.03. The zero-order valence-corrected chi connectivity index (χ0v) is 7.71. The van der Waals surface area contributed by atoms with Gasteiger partial charge in [0.05, 0.1) is 0 Å².